The average molecular weight is 391 g/mol. The molecule has 0 aliphatic rings. The number of nitrogens with two attached hydrogens (primary N) is 2. The number of pyridine rings is 1. The summed E-state index contributed by atoms with van der Waals surface area (Å²) in [7, 11) is 0. The van der Waals surface area contributed by atoms with Crippen molar-refractivity contribution in [2.24, 2.45) is 10.9 Å². The van der Waals surface area contributed by atoms with Crippen LogP contribution < -0.4 is 16.2 Å². The molecular formula is C22H22N4OS. The first kappa shape index (κ1) is 19.7. The van der Waals surface area contributed by atoms with Crippen LogP contribution in [0.4, 0.5) is 5.69 Å². The lowest BCUT2D eigenvalue weighted by atomic mass is 9.96. The number of aryl methyl sites for hydroxylation is 1. The Balaban J connectivity index is 1.86. The first-order valence-corrected chi connectivity index (χ1v) is 9.63. The molecule has 1 amide bonds. The number of rotatable bonds is 5. The van der Waals surface area contributed by atoms with Gasteiger partial charge in [0, 0.05) is 29.3 Å². The van der Waals surface area contributed by atoms with Crippen LogP contribution >= 0.6 is 11.9 Å². The second-order valence-electron chi connectivity index (χ2n) is 6.43. The van der Waals surface area contributed by atoms with Crippen LogP contribution in [0.5, 0.6) is 0 Å². The lowest BCUT2D eigenvalue weighted by molar-refractivity contribution is -0.112. The van der Waals surface area contributed by atoms with Crippen molar-refractivity contribution in [2.75, 3.05) is 5.32 Å². The van der Waals surface area contributed by atoms with Crippen LogP contribution in [0.25, 0.3) is 22.3 Å². The molecule has 0 spiro atoms. The van der Waals surface area contributed by atoms with E-state index in [0.29, 0.717) is 16.3 Å². The fourth-order valence-corrected chi connectivity index (χ4v) is 3.24. The van der Waals surface area contributed by atoms with E-state index in [1.165, 1.54) is 5.56 Å². The number of carbonyl (C=O) groups excluding carboxylic acids is 1. The molecule has 6 heteroatoms. The number of allylic oxidation sites excluding steroid dienone is 1. The van der Waals surface area contributed by atoms with Crippen LogP contribution in [-0.4, -0.2) is 10.9 Å². The second kappa shape index (κ2) is 8.73. The van der Waals surface area contributed by atoms with E-state index in [4.69, 9.17) is 10.9 Å². The van der Waals surface area contributed by atoms with Crippen LogP contribution in [0.1, 0.15) is 12.5 Å². The Morgan fingerprint density at radius 3 is 2.36 bits per heavy atom. The minimum atomic E-state index is -0.310. The fourth-order valence-electron chi connectivity index (χ4n) is 2.89. The molecule has 3 aromatic rings. The van der Waals surface area contributed by atoms with E-state index in [-0.39, 0.29) is 5.91 Å². The van der Waals surface area contributed by atoms with Gasteiger partial charge in [0.05, 0.1) is 0 Å². The molecule has 5 nitrogen and oxygen atoms in total. The SMILES string of the molecule is C/C(N)=C(/SN)C(=O)Nc1ccc(-c2cc(-c3cccnc3)ccc2C)cc1. The van der Waals surface area contributed by atoms with Crippen molar-refractivity contribution in [1.29, 1.82) is 0 Å². The lowest BCUT2D eigenvalue weighted by Crippen LogP contribution is -2.17. The van der Waals surface area contributed by atoms with Crippen molar-refractivity contribution in [3.05, 3.63) is 83.2 Å². The molecule has 0 fully saturated rings. The molecule has 0 aliphatic heterocycles. The fraction of sp³-hybridized carbons (Fsp3) is 0.0909. The van der Waals surface area contributed by atoms with Crippen LogP contribution in [0.3, 0.4) is 0 Å². The molecular weight excluding hydrogens is 368 g/mol. The highest BCUT2D eigenvalue weighted by Crippen LogP contribution is 2.30. The number of nitrogens with zero attached hydrogens (tertiary/aromatic N) is 1. The van der Waals surface area contributed by atoms with E-state index in [0.717, 1.165) is 34.2 Å². The summed E-state index contributed by atoms with van der Waals surface area (Å²) in [5.74, 6) is -0.310. The van der Waals surface area contributed by atoms with Crippen LogP contribution in [0, 0.1) is 6.92 Å². The van der Waals surface area contributed by atoms with E-state index in [9.17, 15) is 4.79 Å². The Kier molecular flexibility index (Phi) is 6.13. The number of aromatic nitrogens is 1. The van der Waals surface area contributed by atoms with Crippen molar-refractivity contribution in [1.82, 2.24) is 4.98 Å². The van der Waals surface area contributed by atoms with Gasteiger partial charge in [0.25, 0.3) is 5.91 Å². The number of benzene rings is 2. The Labute approximate surface area is 169 Å². The molecule has 1 aromatic heterocycles. The quantitative estimate of drug-likeness (QED) is 0.442. The summed E-state index contributed by atoms with van der Waals surface area (Å²) < 4.78 is 0. The van der Waals surface area contributed by atoms with Gasteiger partial charge in [-0.1, -0.05) is 30.3 Å². The summed E-state index contributed by atoms with van der Waals surface area (Å²) in [5.41, 5.74) is 12.3. The molecule has 1 heterocycles. The molecule has 0 radical (unpaired) electrons. The number of nitrogens with one attached hydrogen (secondary N) is 1. The van der Waals surface area contributed by atoms with Gasteiger partial charge in [0.15, 0.2) is 0 Å². The minimum absolute atomic E-state index is 0.309. The van der Waals surface area contributed by atoms with Crippen LogP contribution in [0.2, 0.25) is 0 Å². The van der Waals surface area contributed by atoms with Gasteiger partial charge in [-0.3, -0.25) is 14.9 Å². The van der Waals surface area contributed by atoms with E-state index >= 15 is 0 Å². The van der Waals surface area contributed by atoms with E-state index < -0.39 is 0 Å². The number of anilines is 1. The summed E-state index contributed by atoms with van der Waals surface area (Å²) >= 11 is 0.844. The largest absolute Gasteiger partial charge is 0.401 e. The molecule has 0 saturated heterocycles. The number of hydrogen-bond donors (Lipinski definition) is 3. The highest BCUT2D eigenvalue weighted by Gasteiger charge is 2.12. The standard InChI is InChI=1S/C22H22N4OS/c1-14-5-6-17(18-4-3-11-25-13-18)12-20(14)16-7-9-19(10-8-16)26-22(27)21(28-24)15(2)23/h3-13H,23-24H2,1-2H3,(H,26,27)/b21-15-. The second-order valence-corrected chi connectivity index (χ2v) is 7.08. The lowest BCUT2D eigenvalue weighted by Gasteiger charge is -2.11. The Morgan fingerprint density at radius 2 is 1.75 bits per heavy atom. The molecule has 0 aliphatic carbocycles. The zero-order valence-corrected chi connectivity index (χ0v) is 16.6. The summed E-state index contributed by atoms with van der Waals surface area (Å²) in [6.07, 6.45) is 3.62. The molecule has 142 valence electrons. The normalized spacial score (nSPS) is 11.7. The van der Waals surface area contributed by atoms with E-state index in [1.807, 2.05) is 42.6 Å². The highest BCUT2D eigenvalue weighted by molar-refractivity contribution is 8.01. The maximum Gasteiger partial charge on any atom is 0.265 e. The molecule has 0 atom stereocenters. The Morgan fingerprint density at radius 1 is 1.04 bits per heavy atom. The first-order valence-electron chi connectivity index (χ1n) is 8.75. The van der Waals surface area contributed by atoms with Crippen molar-refractivity contribution in [3.8, 4) is 22.3 Å². The predicted octanol–water partition coefficient (Wildman–Crippen LogP) is 4.46. The van der Waals surface area contributed by atoms with Gasteiger partial charge in [-0.05, 0) is 72.3 Å². The van der Waals surface area contributed by atoms with Crippen molar-refractivity contribution in [2.45, 2.75) is 13.8 Å². The third-order valence-corrected chi connectivity index (χ3v) is 5.11. The molecule has 0 bridgehead atoms. The predicted molar refractivity (Wildman–Crippen MR) is 117 cm³/mol. The summed E-state index contributed by atoms with van der Waals surface area (Å²) in [6.45, 7) is 3.73. The smallest absolute Gasteiger partial charge is 0.265 e. The van der Waals surface area contributed by atoms with Crippen molar-refractivity contribution in [3.63, 3.8) is 0 Å². The van der Waals surface area contributed by atoms with Gasteiger partial charge in [-0.2, -0.15) is 0 Å². The van der Waals surface area contributed by atoms with Gasteiger partial charge in [0.1, 0.15) is 4.91 Å². The molecule has 0 unspecified atom stereocenters. The van der Waals surface area contributed by atoms with Crippen molar-refractivity contribution < 1.29 is 4.79 Å². The first-order chi connectivity index (χ1) is 13.5. The zero-order chi connectivity index (χ0) is 20.1. The monoisotopic (exact) mass is 390 g/mol. The van der Waals surface area contributed by atoms with E-state index in [2.05, 4.69) is 35.4 Å². The van der Waals surface area contributed by atoms with Gasteiger partial charge in [-0.15, -0.1) is 0 Å². The summed E-state index contributed by atoms with van der Waals surface area (Å²) in [6, 6.07) is 18.0. The number of carbonyl (C=O) groups is 1. The molecule has 28 heavy (non-hydrogen) atoms. The van der Waals surface area contributed by atoms with Gasteiger partial charge < -0.3 is 11.1 Å². The maximum atomic E-state index is 12.2. The van der Waals surface area contributed by atoms with Gasteiger partial charge >= 0.3 is 0 Å². The van der Waals surface area contributed by atoms with E-state index in [1.54, 1.807) is 13.1 Å². The Hall–Kier alpha value is -3.09. The zero-order valence-electron chi connectivity index (χ0n) is 15.8. The molecule has 3 rings (SSSR count). The van der Waals surface area contributed by atoms with Crippen LogP contribution in [0.15, 0.2) is 77.6 Å². The topological polar surface area (TPSA) is 94.0 Å². The molecule has 2 aromatic carbocycles. The molecule has 0 saturated carbocycles. The van der Waals surface area contributed by atoms with Gasteiger partial charge in [0.2, 0.25) is 0 Å². The number of amides is 1. The molecule has 5 N–H and O–H groups in total. The van der Waals surface area contributed by atoms with Crippen molar-refractivity contribution >= 4 is 23.5 Å². The third kappa shape index (κ3) is 4.42. The van der Waals surface area contributed by atoms with Gasteiger partial charge in [-0.25, -0.2) is 0 Å². The average Bonchev–Trinajstić information content (AvgIpc) is 2.70. The third-order valence-electron chi connectivity index (χ3n) is 4.37. The Bertz CT molecular complexity index is 1010. The summed E-state index contributed by atoms with van der Waals surface area (Å²) in [5, 5.41) is 8.34. The summed E-state index contributed by atoms with van der Waals surface area (Å²) in [4.78, 5) is 16.7. The maximum absolute atomic E-state index is 12.2. The highest BCUT2D eigenvalue weighted by atomic mass is 32.2. The van der Waals surface area contributed by atoms with Crippen LogP contribution in [-0.2, 0) is 4.79 Å². The number of hydrogen-bond acceptors (Lipinski definition) is 5. The minimum Gasteiger partial charge on any atom is -0.401 e.